The molecule has 0 bridgehead atoms. The van der Waals surface area contributed by atoms with Gasteiger partial charge in [-0.2, -0.15) is 0 Å². The SMILES string of the molecule is CCC1CCC(=O)C(C2CCOC3(CCC3)C2)C1. The monoisotopic (exact) mass is 250 g/mol. The molecule has 0 aromatic rings. The van der Waals surface area contributed by atoms with Gasteiger partial charge in [-0.3, -0.25) is 4.79 Å². The van der Waals surface area contributed by atoms with E-state index in [1.807, 2.05) is 0 Å². The maximum absolute atomic E-state index is 12.2. The Bertz CT molecular complexity index is 319. The highest BCUT2D eigenvalue weighted by Gasteiger charge is 2.46. The predicted octanol–water partition coefficient (Wildman–Crippen LogP) is 3.73. The molecule has 1 heterocycles. The van der Waals surface area contributed by atoms with Crippen molar-refractivity contribution in [3.63, 3.8) is 0 Å². The summed E-state index contributed by atoms with van der Waals surface area (Å²) in [5.74, 6) is 2.35. The number of ketones is 1. The molecule has 18 heavy (non-hydrogen) atoms. The van der Waals surface area contributed by atoms with Gasteiger partial charge in [-0.25, -0.2) is 0 Å². The molecule has 3 fully saturated rings. The molecule has 0 N–H and O–H groups in total. The predicted molar refractivity (Wildman–Crippen MR) is 71.4 cm³/mol. The van der Waals surface area contributed by atoms with E-state index in [1.54, 1.807) is 0 Å². The summed E-state index contributed by atoms with van der Waals surface area (Å²) < 4.78 is 6.00. The van der Waals surface area contributed by atoms with Gasteiger partial charge in [-0.15, -0.1) is 0 Å². The van der Waals surface area contributed by atoms with Gasteiger partial charge in [-0.1, -0.05) is 13.3 Å². The van der Waals surface area contributed by atoms with Crippen molar-refractivity contribution in [2.24, 2.45) is 17.8 Å². The summed E-state index contributed by atoms with van der Waals surface area (Å²) >= 11 is 0. The van der Waals surface area contributed by atoms with Gasteiger partial charge in [-0.05, 0) is 56.8 Å². The van der Waals surface area contributed by atoms with Gasteiger partial charge in [0.15, 0.2) is 0 Å². The van der Waals surface area contributed by atoms with E-state index in [9.17, 15) is 4.79 Å². The van der Waals surface area contributed by atoms with Crippen LogP contribution in [0.1, 0.15) is 64.7 Å². The molecular weight excluding hydrogens is 224 g/mol. The van der Waals surface area contributed by atoms with Crippen LogP contribution in [0.15, 0.2) is 0 Å². The van der Waals surface area contributed by atoms with Gasteiger partial charge in [0.25, 0.3) is 0 Å². The van der Waals surface area contributed by atoms with Crippen LogP contribution in [0.2, 0.25) is 0 Å². The zero-order valence-electron chi connectivity index (χ0n) is 11.6. The van der Waals surface area contributed by atoms with E-state index in [0.29, 0.717) is 17.6 Å². The number of Topliss-reactive ketones (excluding diaryl/α,β-unsaturated/α-hetero) is 1. The highest BCUT2D eigenvalue weighted by Crippen LogP contribution is 2.48. The zero-order valence-corrected chi connectivity index (χ0v) is 11.6. The van der Waals surface area contributed by atoms with Gasteiger partial charge in [0.2, 0.25) is 0 Å². The number of rotatable bonds is 2. The number of ether oxygens (including phenoxy) is 1. The van der Waals surface area contributed by atoms with Crippen LogP contribution in [0.5, 0.6) is 0 Å². The number of hydrogen-bond donors (Lipinski definition) is 0. The molecule has 1 spiro atoms. The summed E-state index contributed by atoms with van der Waals surface area (Å²) in [6.45, 7) is 3.17. The maximum atomic E-state index is 12.2. The summed E-state index contributed by atoms with van der Waals surface area (Å²) in [7, 11) is 0. The van der Waals surface area contributed by atoms with Crippen molar-refractivity contribution in [1.82, 2.24) is 0 Å². The van der Waals surface area contributed by atoms with Crippen molar-refractivity contribution in [2.45, 2.75) is 70.3 Å². The number of carbonyl (C=O) groups is 1. The minimum Gasteiger partial charge on any atom is -0.375 e. The van der Waals surface area contributed by atoms with Crippen LogP contribution in [0.4, 0.5) is 0 Å². The fourth-order valence-corrected chi connectivity index (χ4v) is 4.29. The van der Waals surface area contributed by atoms with Crippen LogP contribution < -0.4 is 0 Å². The molecule has 0 aromatic heterocycles. The van der Waals surface area contributed by atoms with Crippen molar-refractivity contribution in [3.05, 3.63) is 0 Å². The second-order valence-electron chi connectivity index (χ2n) is 6.76. The topological polar surface area (TPSA) is 26.3 Å². The van der Waals surface area contributed by atoms with E-state index in [1.165, 1.54) is 32.1 Å². The molecule has 3 unspecified atom stereocenters. The molecule has 2 saturated carbocycles. The van der Waals surface area contributed by atoms with E-state index in [2.05, 4.69) is 6.92 Å². The summed E-state index contributed by atoms with van der Waals surface area (Å²) in [6.07, 6.45) is 10.5. The fraction of sp³-hybridized carbons (Fsp3) is 0.938. The Morgan fingerprint density at radius 1 is 1.33 bits per heavy atom. The minimum atomic E-state index is 0.197. The first kappa shape index (κ1) is 12.7. The highest BCUT2D eigenvalue weighted by molar-refractivity contribution is 5.82. The lowest BCUT2D eigenvalue weighted by Gasteiger charge is -2.49. The molecule has 2 aliphatic carbocycles. The Morgan fingerprint density at radius 3 is 2.83 bits per heavy atom. The van der Waals surface area contributed by atoms with E-state index < -0.39 is 0 Å². The van der Waals surface area contributed by atoms with Gasteiger partial charge in [0.05, 0.1) is 5.60 Å². The Kier molecular flexibility index (Phi) is 3.48. The van der Waals surface area contributed by atoms with Crippen LogP contribution in [0.25, 0.3) is 0 Å². The largest absolute Gasteiger partial charge is 0.375 e. The quantitative estimate of drug-likeness (QED) is 0.746. The van der Waals surface area contributed by atoms with Crippen molar-refractivity contribution >= 4 is 5.78 Å². The van der Waals surface area contributed by atoms with Crippen LogP contribution in [-0.4, -0.2) is 18.0 Å². The second kappa shape index (κ2) is 4.96. The molecule has 3 atom stereocenters. The Hall–Kier alpha value is -0.370. The number of hydrogen-bond acceptors (Lipinski definition) is 2. The molecule has 0 aromatic carbocycles. The Balaban J connectivity index is 1.66. The van der Waals surface area contributed by atoms with E-state index in [0.717, 1.165) is 38.2 Å². The molecule has 2 nitrogen and oxygen atoms in total. The lowest BCUT2D eigenvalue weighted by molar-refractivity contribution is -0.157. The van der Waals surface area contributed by atoms with Crippen molar-refractivity contribution in [2.75, 3.05) is 6.61 Å². The van der Waals surface area contributed by atoms with E-state index in [-0.39, 0.29) is 5.60 Å². The average Bonchev–Trinajstić information content (AvgIpc) is 2.38. The molecule has 3 aliphatic rings. The first-order chi connectivity index (χ1) is 8.72. The van der Waals surface area contributed by atoms with Gasteiger partial charge in [0.1, 0.15) is 5.78 Å². The standard InChI is InChI=1S/C16H26O2/c1-2-12-4-5-15(17)14(10-12)13-6-9-18-16(11-13)7-3-8-16/h12-14H,2-11H2,1H3. The molecule has 1 saturated heterocycles. The molecule has 0 radical (unpaired) electrons. The van der Waals surface area contributed by atoms with Gasteiger partial charge >= 0.3 is 0 Å². The molecular formula is C16H26O2. The molecule has 3 rings (SSSR count). The third kappa shape index (κ3) is 2.24. The summed E-state index contributed by atoms with van der Waals surface area (Å²) in [5, 5.41) is 0. The van der Waals surface area contributed by atoms with E-state index in [4.69, 9.17) is 4.74 Å². The third-order valence-electron chi connectivity index (χ3n) is 5.74. The summed E-state index contributed by atoms with van der Waals surface area (Å²) in [5.41, 5.74) is 0.197. The highest BCUT2D eigenvalue weighted by atomic mass is 16.5. The Morgan fingerprint density at radius 2 is 2.17 bits per heavy atom. The maximum Gasteiger partial charge on any atom is 0.136 e. The second-order valence-corrected chi connectivity index (χ2v) is 6.76. The molecule has 1 aliphatic heterocycles. The van der Waals surface area contributed by atoms with Crippen LogP contribution >= 0.6 is 0 Å². The lowest BCUT2D eigenvalue weighted by atomic mass is 9.65. The first-order valence-electron chi connectivity index (χ1n) is 7.89. The number of carbonyl (C=O) groups excluding carboxylic acids is 1. The minimum absolute atomic E-state index is 0.197. The Labute approximate surface area is 110 Å². The van der Waals surface area contributed by atoms with Crippen molar-refractivity contribution in [1.29, 1.82) is 0 Å². The summed E-state index contributed by atoms with van der Waals surface area (Å²) in [6, 6.07) is 0. The third-order valence-corrected chi connectivity index (χ3v) is 5.74. The molecule has 102 valence electrons. The van der Waals surface area contributed by atoms with Crippen molar-refractivity contribution < 1.29 is 9.53 Å². The molecule has 2 heteroatoms. The average molecular weight is 250 g/mol. The normalized spacial score (nSPS) is 39.6. The van der Waals surface area contributed by atoms with E-state index >= 15 is 0 Å². The van der Waals surface area contributed by atoms with Crippen LogP contribution in [-0.2, 0) is 9.53 Å². The van der Waals surface area contributed by atoms with Crippen LogP contribution in [0, 0.1) is 17.8 Å². The zero-order chi connectivity index (χ0) is 12.6. The molecule has 0 amide bonds. The lowest BCUT2D eigenvalue weighted by Crippen LogP contribution is -2.48. The first-order valence-corrected chi connectivity index (χ1v) is 7.89. The van der Waals surface area contributed by atoms with Gasteiger partial charge < -0.3 is 4.74 Å². The summed E-state index contributed by atoms with van der Waals surface area (Å²) in [4.78, 5) is 12.2. The van der Waals surface area contributed by atoms with Crippen LogP contribution in [0.3, 0.4) is 0 Å². The van der Waals surface area contributed by atoms with Gasteiger partial charge in [0, 0.05) is 18.9 Å². The smallest absolute Gasteiger partial charge is 0.136 e. The van der Waals surface area contributed by atoms with Crippen molar-refractivity contribution in [3.8, 4) is 0 Å². The fourth-order valence-electron chi connectivity index (χ4n) is 4.29.